The van der Waals surface area contributed by atoms with E-state index < -0.39 is 17.6 Å². The molecule has 220 valence electrons. The number of pyridine rings is 1. The van der Waals surface area contributed by atoms with E-state index in [9.17, 15) is 9.18 Å². The molecule has 2 N–H and O–H groups in total. The summed E-state index contributed by atoms with van der Waals surface area (Å²) in [5.74, 6) is -0.613. The predicted octanol–water partition coefficient (Wildman–Crippen LogP) is 6.93. The summed E-state index contributed by atoms with van der Waals surface area (Å²) in [4.78, 5) is 29.5. The number of nitrogens with one attached hydrogen (secondary N) is 1. The third-order valence-corrected chi connectivity index (χ3v) is 8.55. The van der Waals surface area contributed by atoms with Crippen LogP contribution in [0.1, 0.15) is 69.4 Å². The molecule has 3 aliphatic rings. The fraction of sp³-hybridized carbons (Fsp3) is 0.406. The van der Waals surface area contributed by atoms with Crippen LogP contribution >= 0.6 is 0 Å². The molecule has 1 saturated heterocycles. The van der Waals surface area contributed by atoms with Crippen LogP contribution in [0, 0.1) is 11.6 Å². The van der Waals surface area contributed by atoms with Crippen molar-refractivity contribution in [3.63, 3.8) is 0 Å². The molecule has 0 atom stereocenters. The number of carboxylic acids is 1. The molecular formula is C32H36F2N6O2. The minimum Gasteiger partial charge on any atom is -0.478 e. The van der Waals surface area contributed by atoms with Gasteiger partial charge in [-0.15, -0.1) is 0 Å². The lowest BCUT2D eigenvalue weighted by atomic mass is 9.76. The van der Waals surface area contributed by atoms with Crippen LogP contribution in [0.2, 0.25) is 0 Å². The van der Waals surface area contributed by atoms with Crippen LogP contribution in [0.5, 0.6) is 0 Å². The van der Waals surface area contributed by atoms with Crippen LogP contribution < -0.4 is 5.32 Å². The summed E-state index contributed by atoms with van der Waals surface area (Å²) < 4.78 is 30.0. The summed E-state index contributed by atoms with van der Waals surface area (Å²) in [6.45, 7) is 5.82. The van der Waals surface area contributed by atoms with Gasteiger partial charge in [0.25, 0.3) is 0 Å². The molecule has 2 aliphatic heterocycles. The van der Waals surface area contributed by atoms with Gasteiger partial charge in [-0.05, 0) is 94.9 Å². The number of aliphatic carboxylic acids is 1. The Morgan fingerprint density at radius 2 is 1.83 bits per heavy atom. The molecule has 2 aromatic heterocycles. The smallest absolute Gasteiger partial charge is 0.327 e. The molecule has 1 saturated carbocycles. The zero-order valence-electron chi connectivity index (χ0n) is 24.2. The zero-order valence-corrected chi connectivity index (χ0v) is 24.2. The Bertz CT molecular complexity index is 1510. The van der Waals surface area contributed by atoms with E-state index in [1.165, 1.54) is 17.7 Å². The first kappa shape index (κ1) is 29.4. The van der Waals surface area contributed by atoms with Gasteiger partial charge in [-0.3, -0.25) is 4.99 Å². The molecule has 10 heteroatoms. The minimum atomic E-state index is -0.891. The second kappa shape index (κ2) is 12.4. The fourth-order valence-electron chi connectivity index (χ4n) is 6.24. The molecule has 8 nitrogen and oxygen atoms in total. The van der Waals surface area contributed by atoms with E-state index in [1.54, 1.807) is 6.92 Å². The lowest BCUT2D eigenvalue weighted by Crippen LogP contribution is -2.29. The van der Waals surface area contributed by atoms with Gasteiger partial charge in [0, 0.05) is 29.0 Å². The lowest BCUT2D eigenvalue weighted by molar-refractivity contribution is -0.131. The number of likely N-dealkylation sites (tertiary alicyclic amines) is 1. The third-order valence-electron chi connectivity index (χ3n) is 8.55. The molecule has 3 aromatic rings. The van der Waals surface area contributed by atoms with Gasteiger partial charge in [0.15, 0.2) is 5.82 Å². The van der Waals surface area contributed by atoms with Crippen molar-refractivity contribution in [1.29, 1.82) is 0 Å². The van der Waals surface area contributed by atoms with Crippen molar-refractivity contribution in [1.82, 2.24) is 19.9 Å². The number of halogens is 2. The molecular weight excluding hydrogens is 538 g/mol. The van der Waals surface area contributed by atoms with Gasteiger partial charge in [-0.2, -0.15) is 0 Å². The average Bonchev–Trinajstić information content (AvgIpc) is 3.57. The van der Waals surface area contributed by atoms with Crippen LogP contribution in [0.4, 0.5) is 26.2 Å². The van der Waals surface area contributed by atoms with Gasteiger partial charge in [0.05, 0.1) is 6.20 Å². The monoisotopic (exact) mass is 574 g/mol. The summed E-state index contributed by atoms with van der Waals surface area (Å²) in [6, 6.07) is 7.18. The standard InChI is InChI=1S/C28H30F2N6.C4H6O2/c1-17-28(9-3-4-10-28)21-13-20(14-22(29)26(21)33-17)25-23(30)16-32-27(35-25)34-24-6-5-19(15-31-24)18-7-11-36(2)12-8-18;1-2-3-4(5)6/h5-6,13-16,18H,3-4,7-12H2,1-2H3,(H,31,32,34,35);2-3H,1H3,(H,5,6)/b;3-2+. The number of hydrogen-bond acceptors (Lipinski definition) is 7. The Hall–Kier alpha value is -4.05. The first-order valence-corrected chi connectivity index (χ1v) is 14.4. The van der Waals surface area contributed by atoms with E-state index >= 15 is 4.39 Å². The predicted molar refractivity (Wildman–Crippen MR) is 160 cm³/mol. The lowest BCUT2D eigenvalue weighted by Gasteiger charge is -2.29. The van der Waals surface area contributed by atoms with E-state index in [0.717, 1.165) is 75.2 Å². The zero-order chi connectivity index (χ0) is 29.9. The highest BCUT2D eigenvalue weighted by Gasteiger charge is 2.44. The van der Waals surface area contributed by atoms with E-state index in [1.807, 2.05) is 25.3 Å². The maximum atomic E-state index is 15.1. The second-order valence-electron chi connectivity index (χ2n) is 11.2. The highest BCUT2D eigenvalue weighted by atomic mass is 19.1. The highest BCUT2D eigenvalue weighted by Crippen LogP contribution is 2.52. The molecule has 1 spiro atoms. The molecule has 0 bridgehead atoms. The number of hydrogen-bond donors (Lipinski definition) is 2. The fourth-order valence-corrected chi connectivity index (χ4v) is 6.24. The summed E-state index contributed by atoms with van der Waals surface area (Å²) >= 11 is 0. The quantitative estimate of drug-likeness (QED) is 0.318. The minimum absolute atomic E-state index is 0.0647. The van der Waals surface area contributed by atoms with Crippen LogP contribution in [0.25, 0.3) is 11.3 Å². The van der Waals surface area contributed by atoms with E-state index in [0.29, 0.717) is 23.0 Å². The van der Waals surface area contributed by atoms with Crippen molar-refractivity contribution >= 4 is 29.1 Å². The van der Waals surface area contributed by atoms with Gasteiger partial charge in [0.2, 0.25) is 5.95 Å². The largest absolute Gasteiger partial charge is 0.478 e. The van der Waals surface area contributed by atoms with Gasteiger partial charge >= 0.3 is 5.97 Å². The Balaban J connectivity index is 0.000000535. The first-order valence-electron chi connectivity index (χ1n) is 14.4. The summed E-state index contributed by atoms with van der Waals surface area (Å²) in [7, 11) is 2.15. The molecule has 0 unspecified atom stereocenters. The molecule has 0 radical (unpaired) electrons. The van der Waals surface area contributed by atoms with Crippen LogP contribution in [-0.4, -0.2) is 56.8 Å². The molecule has 2 fully saturated rings. The highest BCUT2D eigenvalue weighted by molar-refractivity contribution is 6.01. The normalized spacial score (nSPS) is 18.1. The number of allylic oxidation sites excluding steroid dienone is 1. The second-order valence-corrected chi connectivity index (χ2v) is 11.2. The number of nitrogens with zero attached hydrogens (tertiary/aromatic N) is 5. The van der Waals surface area contributed by atoms with Crippen molar-refractivity contribution in [3.05, 3.63) is 71.6 Å². The maximum absolute atomic E-state index is 15.1. The van der Waals surface area contributed by atoms with Gasteiger partial charge in [-0.1, -0.05) is 25.0 Å². The summed E-state index contributed by atoms with van der Waals surface area (Å²) in [5.41, 5.74) is 3.64. The van der Waals surface area contributed by atoms with E-state index in [-0.39, 0.29) is 17.1 Å². The average molecular weight is 575 g/mol. The van der Waals surface area contributed by atoms with Gasteiger partial charge in [0.1, 0.15) is 23.0 Å². The molecule has 1 aliphatic carbocycles. The Morgan fingerprint density at radius 3 is 2.45 bits per heavy atom. The van der Waals surface area contributed by atoms with Crippen molar-refractivity contribution in [2.45, 2.75) is 63.7 Å². The third kappa shape index (κ3) is 6.09. The van der Waals surface area contributed by atoms with Crippen LogP contribution in [0.3, 0.4) is 0 Å². The van der Waals surface area contributed by atoms with Gasteiger partial charge < -0.3 is 15.3 Å². The molecule has 1 aromatic carbocycles. The van der Waals surface area contributed by atoms with E-state index in [4.69, 9.17) is 5.11 Å². The Kier molecular flexibility index (Phi) is 8.72. The number of aromatic nitrogens is 3. The van der Waals surface area contributed by atoms with Crippen LogP contribution in [0.15, 0.2) is 53.8 Å². The number of carboxylic acid groups (broad SMARTS) is 1. The SMILES string of the molecule is C/C=C/C(=O)O.CC1=Nc2c(F)cc(-c3nc(Nc4ccc(C5CCN(C)CC5)cn4)ncc3F)cc2C12CCCC2. The number of piperidine rings is 1. The van der Waals surface area contributed by atoms with Gasteiger partial charge in [-0.25, -0.2) is 28.5 Å². The summed E-state index contributed by atoms with van der Waals surface area (Å²) in [5, 5.41) is 10.9. The van der Waals surface area contributed by atoms with Crippen molar-refractivity contribution in [2.75, 3.05) is 25.5 Å². The van der Waals surface area contributed by atoms with Crippen molar-refractivity contribution in [3.8, 4) is 11.3 Å². The maximum Gasteiger partial charge on any atom is 0.327 e. The topological polar surface area (TPSA) is 104 Å². The first-order chi connectivity index (χ1) is 20.2. The molecule has 42 heavy (non-hydrogen) atoms. The number of fused-ring (bicyclic) bond motifs is 2. The number of anilines is 2. The Labute approximate surface area is 244 Å². The number of rotatable bonds is 5. The molecule has 4 heterocycles. The van der Waals surface area contributed by atoms with Crippen molar-refractivity contribution in [2.24, 2.45) is 4.99 Å². The van der Waals surface area contributed by atoms with E-state index in [2.05, 4.69) is 43.3 Å². The molecule has 0 amide bonds. The molecule has 6 rings (SSSR count). The van der Waals surface area contributed by atoms with Crippen LogP contribution in [-0.2, 0) is 10.2 Å². The number of aliphatic imine (C=N–C) groups is 1. The summed E-state index contributed by atoms with van der Waals surface area (Å²) in [6.07, 6.45) is 11.9. The van der Waals surface area contributed by atoms with Crippen molar-refractivity contribution < 1.29 is 18.7 Å². The number of benzene rings is 1. The number of carbonyl (C=O) groups is 1. The Morgan fingerprint density at radius 1 is 1.10 bits per heavy atom.